The maximum Gasteiger partial charge on any atom is 0.154 e. The first-order valence-corrected chi connectivity index (χ1v) is 13.8. The number of allylic oxidation sites excluding steroid dienone is 6. The Morgan fingerprint density at radius 3 is 2.55 bits per heavy atom. The van der Waals surface area contributed by atoms with Crippen LogP contribution in [-0.4, -0.2) is 42.1 Å². The molecular weight excluding hydrogens is 477 g/mol. The molecule has 1 fully saturated rings. The number of halogens is 1. The van der Waals surface area contributed by atoms with Crippen LogP contribution in [0.2, 0.25) is 0 Å². The first kappa shape index (κ1) is 31.2. The zero-order valence-corrected chi connectivity index (χ0v) is 24.7. The van der Waals surface area contributed by atoms with Crippen molar-refractivity contribution in [1.82, 2.24) is 10.2 Å². The Bertz CT molecular complexity index is 1140. The van der Waals surface area contributed by atoms with Crippen LogP contribution in [0, 0.1) is 18.7 Å². The van der Waals surface area contributed by atoms with Gasteiger partial charge in [0.05, 0.1) is 11.5 Å². The van der Waals surface area contributed by atoms with E-state index in [0.717, 1.165) is 55.2 Å². The van der Waals surface area contributed by atoms with E-state index in [2.05, 4.69) is 50.1 Å². The summed E-state index contributed by atoms with van der Waals surface area (Å²) in [7, 11) is 0. The summed E-state index contributed by atoms with van der Waals surface area (Å²) in [5.41, 5.74) is 4.43. The van der Waals surface area contributed by atoms with Gasteiger partial charge >= 0.3 is 0 Å². The number of carbonyl (C=O) groups excluding carboxylic acids is 1. The highest BCUT2D eigenvalue weighted by Gasteiger charge is 2.18. The van der Waals surface area contributed by atoms with Crippen LogP contribution >= 0.6 is 0 Å². The Labute approximate surface area is 229 Å². The van der Waals surface area contributed by atoms with Crippen LogP contribution < -0.4 is 10.1 Å². The van der Waals surface area contributed by atoms with Crippen molar-refractivity contribution in [3.8, 4) is 5.75 Å². The van der Waals surface area contributed by atoms with Crippen molar-refractivity contribution in [2.24, 2.45) is 10.9 Å². The molecule has 0 saturated carbocycles. The molecule has 1 aliphatic heterocycles. The standard InChI is InChI=1S/C32H46FN3O2/c1-10-21(4)26(9)38-32-19-27(18-29(33)25(32)8)31(17-24(7)37)35-30(22(5)11-2)14-13-28(12-3)36-16-15-34-23(6)20-36/h12-14,17-19,22-23,34H,10-11,15-16,20H2,1-9H3/b14-13-,26-21+,28-12+,31-17-,35-30+/t22?,23-/m0/s1. The molecule has 1 unspecified atom stereocenters. The number of nitrogens with zero attached hydrogens (tertiary/aromatic N) is 2. The molecule has 1 aromatic carbocycles. The fraction of sp³-hybridized carbons (Fsp3) is 0.500. The van der Waals surface area contributed by atoms with Crippen molar-refractivity contribution in [2.45, 2.75) is 81.2 Å². The van der Waals surface area contributed by atoms with Crippen molar-refractivity contribution in [3.63, 3.8) is 0 Å². The molecular formula is C32H46FN3O2. The average Bonchev–Trinajstić information content (AvgIpc) is 2.88. The molecule has 2 rings (SSSR count). The maximum absolute atomic E-state index is 15.1. The van der Waals surface area contributed by atoms with E-state index < -0.39 is 5.82 Å². The van der Waals surface area contributed by atoms with Gasteiger partial charge in [-0.3, -0.25) is 9.79 Å². The Balaban J connectivity index is 2.56. The molecule has 0 spiro atoms. The lowest BCUT2D eigenvalue weighted by atomic mass is 10.0. The minimum Gasteiger partial charge on any atom is -0.462 e. The molecule has 1 aliphatic rings. The summed E-state index contributed by atoms with van der Waals surface area (Å²) in [6.45, 7) is 20.4. The number of hydrogen-bond acceptors (Lipinski definition) is 5. The first-order valence-electron chi connectivity index (χ1n) is 13.8. The van der Waals surface area contributed by atoms with Gasteiger partial charge in [0.25, 0.3) is 0 Å². The van der Waals surface area contributed by atoms with Gasteiger partial charge < -0.3 is 15.0 Å². The average molecular weight is 524 g/mol. The second-order valence-corrected chi connectivity index (χ2v) is 10.2. The highest BCUT2D eigenvalue weighted by atomic mass is 19.1. The fourth-order valence-electron chi connectivity index (χ4n) is 4.16. The molecule has 0 amide bonds. The van der Waals surface area contributed by atoms with Gasteiger partial charge in [-0.05, 0) is 90.2 Å². The highest BCUT2D eigenvalue weighted by molar-refractivity contribution is 6.03. The second kappa shape index (κ2) is 14.8. The van der Waals surface area contributed by atoms with E-state index in [0.29, 0.717) is 28.6 Å². The van der Waals surface area contributed by atoms with Gasteiger partial charge in [0, 0.05) is 54.3 Å². The summed E-state index contributed by atoms with van der Waals surface area (Å²) < 4.78 is 21.1. The van der Waals surface area contributed by atoms with E-state index in [4.69, 9.17) is 9.73 Å². The lowest BCUT2D eigenvalue weighted by Crippen LogP contribution is -2.48. The molecule has 1 aromatic rings. The minimum absolute atomic E-state index is 0.144. The lowest BCUT2D eigenvalue weighted by molar-refractivity contribution is -0.112. The first-order chi connectivity index (χ1) is 18.0. The molecule has 0 aromatic heterocycles. The van der Waals surface area contributed by atoms with E-state index in [1.165, 1.54) is 19.1 Å². The lowest BCUT2D eigenvalue weighted by Gasteiger charge is -2.34. The molecule has 1 saturated heterocycles. The molecule has 208 valence electrons. The third-order valence-electron chi connectivity index (χ3n) is 7.15. The molecule has 2 atom stereocenters. The van der Waals surface area contributed by atoms with Crippen LogP contribution in [0.25, 0.3) is 5.70 Å². The van der Waals surface area contributed by atoms with Crippen LogP contribution in [-0.2, 0) is 4.79 Å². The zero-order valence-electron chi connectivity index (χ0n) is 24.7. The van der Waals surface area contributed by atoms with Crippen molar-refractivity contribution in [3.05, 3.63) is 70.4 Å². The summed E-state index contributed by atoms with van der Waals surface area (Å²) in [5.74, 6) is 0.775. The molecule has 1 heterocycles. The van der Waals surface area contributed by atoms with Gasteiger partial charge in [-0.1, -0.05) is 26.8 Å². The van der Waals surface area contributed by atoms with Gasteiger partial charge in [0.1, 0.15) is 11.6 Å². The molecule has 0 aliphatic carbocycles. The molecule has 1 N–H and O–H groups in total. The number of piperazine rings is 1. The SMILES string of the molecule is C\C=C(/C=C\C(=N/C(=C\C(C)=O)c1cc(F)c(C)c(O/C(C)=C(\C)CC)c1)C(C)CC)N1CCN[C@@H](C)C1. The van der Waals surface area contributed by atoms with E-state index in [-0.39, 0.29) is 11.7 Å². The Morgan fingerprint density at radius 2 is 1.97 bits per heavy atom. The summed E-state index contributed by atoms with van der Waals surface area (Å²) >= 11 is 0. The summed E-state index contributed by atoms with van der Waals surface area (Å²) in [4.78, 5) is 19.5. The number of benzene rings is 1. The monoisotopic (exact) mass is 523 g/mol. The second-order valence-electron chi connectivity index (χ2n) is 10.2. The Kier molecular flexibility index (Phi) is 12.2. The number of ether oxygens (including phenoxy) is 1. The normalized spacial score (nSPS) is 19.1. The number of hydrogen-bond donors (Lipinski definition) is 1. The highest BCUT2D eigenvalue weighted by Crippen LogP contribution is 2.30. The van der Waals surface area contributed by atoms with E-state index >= 15 is 4.39 Å². The third-order valence-corrected chi connectivity index (χ3v) is 7.15. The van der Waals surface area contributed by atoms with Crippen LogP contribution in [0.5, 0.6) is 5.75 Å². The van der Waals surface area contributed by atoms with Gasteiger partial charge in [0.15, 0.2) is 5.78 Å². The number of carbonyl (C=O) groups is 1. The predicted molar refractivity (Wildman–Crippen MR) is 158 cm³/mol. The Hall–Kier alpha value is -2.99. The predicted octanol–water partition coefficient (Wildman–Crippen LogP) is 7.39. The quantitative estimate of drug-likeness (QED) is 0.142. The molecule has 6 heteroatoms. The van der Waals surface area contributed by atoms with Crippen LogP contribution in [0.15, 0.2) is 58.5 Å². The molecule has 0 bridgehead atoms. The van der Waals surface area contributed by atoms with Gasteiger partial charge in [0.2, 0.25) is 0 Å². The van der Waals surface area contributed by atoms with Gasteiger partial charge in [-0.25, -0.2) is 4.39 Å². The van der Waals surface area contributed by atoms with Crippen molar-refractivity contribution >= 4 is 17.2 Å². The largest absolute Gasteiger partial charge is 0.462 e. The van der Waals surface area contributed by atoms with Crippen LogP contribution in [0.4, 0.5) is 4.39 Å². The topological polar surface area (TPSA) is 53.9 Å². The van der Waals surface area contributed by atoms with Crippen LogP contribution in [0.1, 0.15) is 79.4 Å². The summed E-state index contributed by atoms with van der Waals surface area (Å²) in [5, 5.41) is 3.48. The van der Waals surface area contributed by atoms with Gasteiger partial charge in [-0.2, -0.15) is 0 Å². The number of rotatable bonds is 11. The summed E-state index contributed by atoms with van der Waals surface area (Å²) in [6, 6.07) is 3.64. The van der Waals surface area contributed by atoms with Crippen molar-refractivity contribution in [2.75, 3.05) is 19.6 Å². The van der Waals surface area contributed by atoms with E-state index in [9.17, 15) is 4.79 Å². The number of aliphatic imine (C=N–C) groups is 1. The van der Waals surface area contributed by atoms with Crippen molar-refractivity contribution in [1.29, 1.82) is 0 Å². The molecule has 38 heavy (non-hydrogen) atoms. The molecule has 5 nitrogen and oxygen atoms in total. The fourth-order valence-corrected chi connectivity index (χ4v) is 4.16. The minimum atomic E-state index is -0.395. The summed E-state index contributed by atoms with van der Waals surface area (Å²) in [6.07, 6.45) is 9.44. The smallest absolute Gasteiger partial charge is 0.154 e. The number of nitrogens with one attached hydrogen (secondary N) is 1. The van der Waals surface area contributed by atoms with Gasteiger partial charge in [-0.15, -0.1) is 0 Å². The van der Waals surface area contributed by atoms with E-state index in [1.807, 2.05) is 26.8 Å². The third kappa shape index (κ3) is 8.80. The van der Waals surface area contributed by atoms with Crippen molar-refractivity contribution < 1.29 is 13.9 Å². The Morgan fingerprint density at radius 1 is 1.26 bits per heavy atom. The van der Waals surface area contributed by atoms with Crippen LogP contribution in [0.3, 0.4) is 0 Å². The zero-order chi connectivity index (χ0) is 28.4. The molecule has 0 radical (unpaired) electrons. The number of ketones is 1. The van der Waals surface area contributed by atoms with E-state index in [1.54, 1.807) is 13.0 Å². The maximum atomic E-state index is 15.1.